The molecule has 1 saturated carbocycles. The van der Waals surface area contributed by atoms with E-state index in [4.69, 9.17) is 0 Å². The van der Waals surface area contributed by atoms with E-state index in [9.17, 15) is 24.9 Å². The molecule has 0 spiro atoms. The number of fused-ring (bicyclic) bond motifs is 1. The topological polar surface area (TPSA) is 98.1 Å². The number of amides is 2. The highest BCUT2D eigenvalue weighted by Gasteiger charge is 2.55. The summed E-state index contributed by atoms with van der Waals surface area (Å²) < 4.78 is 0. The number of hydrogen-bond donors (Lipinski definition) is 3. The highest BCUT2D eigenvalue weighted by atomic mass is 16.3. The summed E-state index contributed by atoms with van der Waals surface area (Å²) in [6.45, 7) is 7.47. The maximum atomic E-state index is 13.5. The maximum Gasteiger partial charge on any atom is 0.234 e. The first kappa shape index (κ1) is 26.6. The van der Waals surface area contributed by atoms with Gasteiger partial charge in [-0.25, -0.2) is 0 Å². The molecule has 2 amide bonds. The molecular formula is C30H41NO5. The second-order valence-corrected chi connectivity index (χ2v) is 11.2. The van der Waals surface area contributed by atoms with Gasteiger partial charge in [0.25, 0.3) is 0 Å². The number of aliphatic hydroxyl groups is 2. The zero-order valence-corrected chi connectivity index (χ0v) is 22.1. The average molecular weight is 496 g/mol. The van der Waals surface area contributed by atoms with Crippen LogP contribution in [0.1, 0.15) is 81.9 Å². The Morgan fingerprint density at radius 1 is 1.08 bits per heavy atom. The predicted octanol–water partition coefficient (Wildman–Crippen LogP) is 4.82. The van der Waals surface area contributed by atoms with Gasteiger partial charge in [0, 0.05) is 12.0 Å². The minimum atomic E-state index is -0.777. The number of likely N-dealkylation sites (tertiary alicyclic amines) is 1. The number of benzene rings is 1. The fourth-order valence-corrected chi connectivity index (χ4v) is 6.79. The standard InChI is InChI=1S/C30H41NO5/c1-17(12-21-13-19(3)28(34)20(4)14-21)10-11-25(33)26-18(2)15-23-27(24(26)16-32)30(36)31(29(23)35)22-8-6-5-7-9-22/h12-14,22-25,27,32-34H,5-11,15-16H2,1-4H3/b17-12+/t23-,24+,25-,27-/m1/s1. The van der Waals surface area contributed by atoms with E-state index in [0.717, 1.165) is 65.5 Å². The molecule has 6 heteroatoms. The molecule has 1 saturated heterocycles. The van der Waals surface area contributed by atoms with Gasteiger partial charge in [0.15, 0.2) is 0 Å². The van der Waals surface area contributed by atoms with Crippen molar-refractivity contribution in [3.05, 3.63) is 45.5 Å². The molecule has 0 bridgehead atoms. The van der Waals surface area contributed by atoms with E-state index in [1.54, 1.807) is 0 Å². The summed E-state index contributed by atoms with van der Waals surface area (Å²) in [5.74, 6) is -1.43. The van der Waals surface area contributed by atoms with Crippen molar-refractivity contribution in [2.24, 2.45) is 17.8 Å². The highest BCUT2D eigenvalue weighted by molar-refractivity contribution is 6.06. The molecule has 0 radical (unpaired) electrons. The monoisotopic (exact) mass is 495 g/mol. The number of carbonyl (C=O) groups is 2. The molecule has 196 valence electrons. The summed E-state index contributed by atoms with van der Waals surface area (Å²) in [6, 6.07) is 3.87. The molecule has 1 aromatic rings. The van der Waals surface area contributed by atoms with Crippen molar-refractivity contribution in [2.45, 2.75) is 91.2 Å². The van der Waals surface area contributed by atoms with E-state index in [1.807, 2.05) is 39.8 Å². The predicted molar refractivity (Wildman–Crippen MR) is 140 cm³/mol. The Kier molecular flexibility index (Phi) is 8.06. The van der Waals surface area contributed by atoms with Crippen molar-refractivity contribution < 1.29 is 24.9 Å². The third kappa shape index (κ3) is 5.03. The van der Waals surface area contributed by atoms with Gasteiger partial charge in [-0.2, -0.15) is 0 Å². The van der Waals surface area contributed by atoms with Crippen LogP contribution in [0, 0.1) is 31.6 Å². The second kappa shape index (κ2) is 10.9. The average Bonchev–Trinajstić information content (AvgIpc) is 3.09. The van der Waals surface area contributed by atoms with Gasteiger partial charge in [-0.1, -0.05) is 36.5 Å². The first-order valence-corrected chi connectivity index (χ1v) is 13.5. The van der Waals surface area contributed by atoms with Crippen LogP contribution in [0.5, 0.6) is 5.75 Å². The number of rotatable bonds is 7. The summed E-state index contributed by atoms with van der Waals surface area (Å²) in [7, 11) is 0. The fourth-order valence-electron chi connectivity index (χ4n) is 6.79. The maximum absolute atomic E-state index is 13.5. The largest absolute Gasteiger partial charge is 0.507 e. The van der Waals surface area contributed by atoms with E-state index in [-0.39, 0.29) is 24.5 Å². The van der Waals surface area contributed by atoms with E-state index in [0.29, 0.717) is 25.0 Å². The van der Waals surface area contributed by atoms with Crippen LogP contribution < -0.4 is 0 Å². The first-order valence-electron chi connectivity index (χ1n) is 13.5. The molecule has 6 nitrogen and oxygen atoms in total. The lowest BCUT2D eigenvalue weighted by molar-refractivity contribution is -0.143. The van der Waals surface area contributed by atoms with Gasteiger partial charge in [0.1, 0.15) is 5.75 Å². The Morgan fingerprint density at radius 2 is 1.72 bits per heavy atom. The van der Waals surface area contributed by atoms with Crippen LogP contribution in [0.4, 0.5) is 0 Å². The van der Waals surface area contributed by atoms with Crippen molar-refractivity contribution in [3.8, 4) is 5.75 Å². The van der Waals surface area contributed by atoms with Gasteiger partial charge < -0.3 is 15.3 Å². The van der Waals surface area contributed by atoms with Crippen molar-refractivity contribution in [3.63, 3.8) is 0 Å². The Bertz CT molecular complexity index is 1060. The molecule has 0 unspecified atom stereocenters. The van der Waals surface area contributed by atoms with Crippen molar-refractivity contribution in [2.75, 3.05) is 6.61 Å². The van der Waals surface area contributed by atoms with Gasteiger partial charge in [-0.3, -0.25) is 14.5 Å². The van der Waals surface area contributed by atoms with Crippen molar-refractivity contribution in [1.82, 2.24) is 4.90 Å². The minimum Gasteiger partial charge on any atom is -0.507 e. The van der Waals surface area contributed by atoms with Crippen LogP contribution in [0.2, 0.25) is 0 Å². The summed E-state index contributed by atoms with van der Waals surface area (Å²) >= 11 is 0. The minimum absolute atomic E-state index is 0.0164. The SMILES string of the molecule is CC1=C([C@H](O)CC/C(C)=C/c2cc(C)c(O)c(C)c2)[C@H](CO)[C@@H]2C(=O)N(C3CCCCC3)C(=O)[C@@H]2C1. The molecule has 1 aromatic carbocycles. The molecule has 1 aliphatic heterocycles. The normalized spacial score (nSPS) is 26.6. The van der Waals surface area contributed by atoms with Crippen LogP contribution in [-0.2, 0) is 9.59 Å². The van der Waals surface area contributed by atoms with Crippen LogP contribution in [-0.4, -0.2) is 50.8 Å². The molecule has 2 fully saturated rings. The lowest BCUT2D eigenvalue weighted by Crippen LogP contribution is -2.42. The van der Waals surface area contributed by atoms with E-state index in [2.05, 4.69) is 6.08 Å². The highest BCUT2D eigenvalue weighted by Crippen LogP contribution is 2.47. The lowest BCUT2D eigenvalue weighted by atomic mass is 9.68. The number of aryl methyl sites for hydroxylation is 2. The summed E-state index contributed by atoms with van der Waals surface area (Å²) in [4.78, 5) is 28.3. The molecule has 2 aliphatic carbocycles. The quantitative estimate of drug-likeness (QED) is 0.372. The number of phenols is 1. The van der Waals surface area contributed by atoms with E-state index >= 15 is 0 Å². The van der Waals surface area contributed by atoms with E-state index in [1.165, 1.54) is 4.90 Å². The van der Waals surface area contributed by atoms with Crippen molar-refractivity contribution in [1.29, 1.82) is 0 Å². The number of nitrogens with zero attached hydrogens (tertiary/aromatic N) is 1. The number of phenolic OH excluding ortho intramolecular Hbond substituents is 1. The van der Waals surface area contributed by atoms with Gasteiger partial charge in [-0.05, 0) is 94.2 Å². The summed E-state index contributed by atoms with van der Waals surface area (Å²) in [5.41, 5.74) is 5.44. The summed E-state index contributed by atoms with van der Waals surface area (Å²) in [5, 5.41) is 31.6. The molecule has 3 aliphatic rings. The molecule has 0 aromatic heterocycles. The third-order valence-electron chi connectivity index (χ3n) is 8.60. The number of allylic oxidation sites excluding steroid dienone is 2. The Morgan fingerprint density at radius 3 is 2.33 bits per heavy atom. The van der Waals surface area contributed by atoms with Gasteiger partial charge in [0.2, 0.25) is 11.8 Å². The Hall–Kier alpha value is -2.44. The second-order valence-electron chi connectivity index (χ2n) is 11.2. The number of hydrogen-bond acceptors (Lipinski definition) is 5. The zero-order valence-electron chi connectivity index (χ0n) is 22.1. The summed E-state index contributed by atoms with van der Waals surface area (Å²) in [6.07, 6.45) is 7.87. The van der Waals surface area contributed by atoms with Crippen LogP contribution >= 0.6 is 0 Å². The molecule has 1 heterocycles. The van der Waals surface area contributed by atoms with Gasteiger partial charge >= 0.3 is 0 Å². The van der Waals surface area contributed by atoms with Crippen LogP contribution in [0.15, 0.2) is 28.9 Å². The smallest absolute Gasteiger partial charge is 0.234 e. The van der Waals surface area contributed by atoms with Crippen LogP contribution in [0.25, 0.3) is 6.08 Å². The lowest BCUT2D eigenvalue weighted by Gasteiger charge is -2.35. The molecule has 3 N–H and O–H groups in total. The number of aliphatic hydroxyl groups excluding tert-OH is 2. The van der Waals surface area contributed by atoms with E-state index < -0.39 is 23.9 Å². The van der Waals surface area contributed by atoms with Crippen LogP contribution in [0.3, 0.4) is 0 Å². The van der Waals surface area contributed by atoms with Crippen molar-refractivity contribution >= 4 is 17.9 Å². The zero-order chi connectivity index (χ0) is 26.1. The molecule has 36 heavy (non-hydrogen) atoms. The first-order chi connectivity index (χ1) is 17.1. The molecule has 4 rings (SSSR count). The number of imide groups is 1. The molecular weight excluding hydrogens is 454 g/mol. The van der Waals surface area contributed by atoms with Gasteiger partial charge in [0.05, 0.1) is 24.5 Å². The Labute approximate surface area is 214 Å². The molecule has 4 atom stereocenters. The number of aromatic hydroxyl groups is 1. The fraction of sp³-hybridized carbons (Fsp3) is 0.600. The number of carbonyl (C=O) groups excluding carboxylic acids is 2. The Balaban J connectivity index is 1.49. The third-order valence-corrected chi connectivity index (χ3v) is 8.60. The van der Waals surface area contributed by atoms with Gasteiger partial charge in [-0.15, -0.1) is 0 Å².